The summed E-state index contributed by atoms with van der Waals surface area (Å²) in [7, 11) is 1.61. The number of methoxy groups -OCH3 is 1. The molecule has 0 bridgehead atoms. The first kappa shape index (κ1) is 15.7. The van der Waals surface area contributed by atoms with Crippen molar-refractivity contribution >= 4 is 11.6 Å². The zero-order valence-electron chi connectivity index (χ0n) is 12.4. The molecule has 21 heavy (non-hydrogen) atoms. The fourth-order valence-electron chi connectivity index (χ4n) is 2.34. The molecule has 0 amide bonds. The molecule has 4 heteroatoms. The standard InChI is InChI=1S/C17H20ClNO2/c1-11(13-5-4-6-14(18)9-13)19-12(2)16-10-15(21-3)7-8-17(16)20/h4-12,19-20H,1-3H3/t11-,12?/m1/s1. The maximum Gasteiger partial charge on any atom is 0.120 e. The van der Waals surface area contributed by atoms with Crippen molar-refractivity contribution < 1.29 is 9.84 Å². The maximum atomic E-state index is 10.0. The van der Waals surface area contributed by atoms with Gasteiger partial charge in [-0.15, -0.1) is 0 Å². The van der Waals surface area contributed by atoms with Crippen LogP contribution < -0.4 is 10.1 Å². The number of hydrogen-bond acceptors (Lipinski definition) is 3. The van der Waals surface area contributed by atoms with Crippen LogP contribution in [-0.2, 0) is 0 Å². The molecule has 0 aliphatic carbocycles. The van der Waals surface area contributed by atoms with Gasteiger partial charge in [0.1, 0.15) is 11.5 Å². The van der Waals surface area contributed by atoms with Crippen molar-refractivity contribution in [1.29, 1.82) is 0 Å². The Morgan fingerprint density at radius 2 is 1.86 bits per heavy atom. The van der Waals surface area contributed by atoms with E-state index in [0.717, 1.165) is 21.9 Å². The number of halogens is 1. The predicted molar refractivity (Wildman–Crippen MR) is 86.1 cm³/mol. The van der Waals surface area contributed by atoms with Crippen LogP contribution in [0.1, 0.15) is 37.1 Å². The van der Waals surface area contributed by atoms with Crippen LogP contribution in [-0.4, -0.2) is 12.2 Å². The average molecular weight is 306 g/mol. The zero-order valence-corrected chi connectivity index (χ0v) is 13.2. The second-order valence-electron chi connectivity index (χ2n) is 5.09. The Balaban J connectivity index is 2.15. The fourth-order valence-corrected chi connectivity index (χ4v) is 2.54. The van der Waals surface area contributed by atoms with E-state index in [1.165, 1.54) is 0 Å². The third-order valence-corrected chi connectivity index (χ3v) is 3.78. The number of nitrogens with one attached hydrogen (secondary N) is 1. The van der Waals surface area contributed by atoms with Crippen LogP contribution in [0.15, 0.2) is 42.5 Å². The Morgan fingerprint density at radius 3 is 2.52 bits per heavy atom. The molecule has 112 valence electrons. The Labute approximate surface area is 130 Å². The smallest absolute Gasteiger partial charge is 0.120 e. The topological polar surface area (TPSA) is 41.5 Å². The fraction of sp³-hybridized carbons (Fsp3) is 0.294. The third kappa shape index (κ3) is 3.90. The lowest BCUT2D eigenvalue weighted by Crippen LogP contribution is -2.22. The molecule has 2 aromatic carbocycles. The summed E-state index contributed by atoms with van der Waals surface area (Å²) in [6.07, 6.45) is 0. The maximum absolute atomic E-state index is 10.0. The molecule has 0 spiro atoms. The lowest BCUT2D eigenvalue weighted by molar-refractivity contribution is 0.405. The van der Waals surface area contributed by atoms with Gasteiger partial charge in [0.05, 0.1) is 7.11 Å². The summed E-state index contributed by atoms with van der Waals surface area (Å²) in [6.45, 7) is 4.08. The number of ether oxygens (including phenoxy) is 1. The van der Waals surface area contributed by atoms with Crippen LogP contribution in [0.5, 0.6) is 11.5 Å². The molecule has 0 radical (unpaired) electrons. The van der Waals surface area contributed by atoms with E-state index in [2.05, 4.69) is 12.2 Å². The van der Waals surface area contributed by atoms with Gasteiger partial charge in [-0.05, 0) is 49.7 Å². The van der Waals surface area contributed by atoms with Crippen LogP contribution in [0.3, 0.4) is 0 Å². The molecule has 0 saturated heterocycles. The van der Waals surface area contributed by atoms with Gasteiger partial charge in [0.25, 0.3) is 0 Å². The Bertz CT molecular complexity index is 615. The lowest BCUT2D eigenvalue weighted by atomic mass is 10.0. The molecular weight excluding hydrogens is 286 g/mol. The van der Waals surface area contributed by atoms with Gasteiger partial charge >= 0.3 is 0 Å². The van der Waals surface area contributed by atoms with Crippen LogP contribution in [0, 0.1) is 0 Å². The number of benzene rings is 2. The van der Waals surface area contributed by atoms with Gasteiger partial charge in [0.15, 0.2) is 0 Å². The molecule has 0 saturated carbocycles. The average Bonchev–Trinajstić information content (AvgIpc) is 2.47. The molecule has 0 aliphatic heterocycles. The highest BCUT2D eigenvalue weighted by molar-refractivity contribution is 6.30. The summed E-state index contributed by atoms with van der Waals surface area (Å²) < 4.78 is 5.21. The summed E-state index contributed by atoms with van der Waals surface area (Å²) >= 11 is 6.02. The minimum Gasteiger partial charge on any atom is -0.508 e. The van der Waals surface area contributed by atoms with Crippen molar-refractivity contribution in [3.63, 3.8) is 0 Å². The Hall–Kier alpha value is -1.71. The summed E-state index contributed by atoms with van der Waals surface area (Å²) in [5, 5.41) is 14.2. The summed E-state index contributed by atoms with van der Waals surface area (Å²) in [5.41, 5.74) is 1.92. The molecule has 0 heterocycles. The monoisotopic (exact) mass is 305 g/mol. The number of rotatable bonds is 5. The predicted octanol–water partition coefficient (Wildman–Crippen LogP) is 4.47. The van der Waals surface area contributed by atoms with E-state index in [1.54, 1.807) is 19.2 Å². The van der Waals surface area contributed by atoms with Gasteiger partial charge < -0.3 is 15.2 Å². The highest BCUT2D eigenvalue weighted by Crippen LogP contribution is 2.30. The molecule has 3 nitrogen and oxygen atoms in total. The van der Waals surface area contributed by atoms with Crippen LogP contribution in [0.2, 0.25) is 5.02 Å². The molecule has 2 aromatic rings. The lowest BCUT2D eigenvalue weighted by Gasteiger charge is -2.22. The van der Waals surface area contributed by atoms with Crippen molar-refractivity contribution in [1.82, 2.24) is 5.32 Å². The Morgan fingerprint density at radius 1 is 1.10 bits per heavy atom. The molecular formula is C17H20ClNO2. The second-order valence-corrected chi connectivity index (χ2v) is 5.53. The molecule has 2 rings (SSSR count). The minimum atomic E-state index is -0.0194. The van der Waals surface area contributed by atoms with Crippen molar-refractivity contribution in [2.24, 2.45) is 0 Å². The van der Waals surface area contributed by atoms with E-state index in [4.69, 9.17) is 16.3 Å². The number of hydrogen-bond donors (Lipinski definition) is 2. The first-order valence-corrected chi connectivity index (χ1v) is 7.27. The zero-order chi connectivity index (χ0) is 15.4. The van der Waals surface area contributed by atoms with Gasteiger partial charge in [-0.25, -0.2) is 0 Å². The SMILES string of the molecule is COc1ccc(O)c(C(C)N[C@H](C)c2cccc(Cl)c2)c1. The van der Waals surface area contributed by atoms with Crippen molar-refractivity contribution in [2.45, 2.75) is 25.9 Å². The van der Waals surface area contributed by atoms with Gasteiger partial charge in [-0.1, -0.05) is 23.7 Å². The second kappa shape index (κ2) is 6.83. The third-order valence-electron chi connectivity index (χ3n) is 3.55. The number of phenols is 1. The first-order valence-electron chi connectivity index (χ1n) is 6.89. The molecule has 0 aliphatic rings. The quantitative estimate of drug-likeness (QED) is 0.856. The van der Waals surface area contributed by atoms with Crippen molar-refractivity contribution in [3.05, 3.63) is 58.6 Å². The van der Waals surface area contributed by atoms with E-state index in [9.17, 15) is 5.11 Å². The summed E-state index contributed by atoms with van der Waals surface area (Å²) in [5.74, 6) is 0.987. The van der Waals surface area contributed by atoms with Gasteiger partial charge in [0.2, 0.25) is 0 Å². The van der Waals surface area contributed by atoms with Gasteiger partial charge in [0, 0.05) is 22.7 Å². The van der Waals surface area contributed by atoms with Gasteiger partial charge in [-0.3, -0.25) is 0 Å². The number of phenolic OH excluding ortho intramolecular Hbond substituents is 1. The molecule has 0 fully saturated rings. The van der Waals surface area contributed by atoms with Gasteiger partial charge in [-0.2, -0.15) is 0 Å². The normalized spacial score (nSPS) is 13.7. The summed E-state index contributed by atoms with van der Waals surface area (Å²) in [6, 6.07) is 13.1. The van der Waals surface area contributed by atoms with Crippen molar-refractivity contribution in [2.75, 3.05) is 7.11 Å². The van der Waals surface area contributed by atoms with E-state index < -0.39 is 0 Å². The van der Waals surface area contributed by atoms with E-state index in [1.807, 2.05) is 37.3 Å². The molecule has 1 unspecified atom stereocenters. The highest BCUT2D eigenvalue weighted by atomic mass is 35.5. The van der Waals surface area contributed by atoms with Crippen LogP contribution in [0.4, 0.5) is 0 Å². The van der Waals surface area contributed by atoms with Crippen LogP contribution in [0.25, 0.3) is 0 Å². The Kier molecular flexibility index (Phi) is 5.10. The molecule has 0 aromatic heterocycles. The largest absolute Gasteiger partial charge is 0.508 e. The molecule has 2 atom stereocenters. The highest BCUT2D eigenvalue weighted by Gasteiger charge is 2.15. The van der Waals surface area contributed by atoms with E-state index in [-0.39, 0.29) is 17.8 Å². The molecule has 2 N–H and O–H groups in total. The summed E-state index contributed by atoms with van der Waals surface area (Å²) in [4.78, 5) is 0. The van der Waals surface area contributed by atoms with E-state index in [0.29, 0.717) is 0 Å². The first-order chi connectivity index (χ1) is 10.0. The van der Waals surface area contributed by atoms with Crippen LogP contribution >= 0.6 is 11.6 Å². The number of aromatic hydroxyl groups is 1. The van der Waals surface area contributed by atoms with E-state index >= 15 is 0 Å². The van der Waals surface area contributed by atoms with Crippen molar-refractivity contribution in [3.8, 4) is 11.5 Å². The minimum absolute atomic E-state index is 0.0194.